The third-order valence-electron chi connectivity index (χ3n) is 7.42. The summed E-state index contributed by atoms with van der Waals surface area (Å²) in [5.41, 5.74) is 8.02. The number of nitrogens with two attached hydrogens (primary N) is 1. The van der Waals surface area contributed by atoms with E-state index in [4.69, 9.17) is 10.5 Å². The molecule has 0 radical (unpaired) electrons. The number of phenols is 1. The summed E-state index contributed by atoms with van der Waals surface area (Å²) in [4.78, 5) is 2.99. The van der Waals surface area contributed by atoms with Crippen molar-refractivity contribution < 1.29 is 40.9 Å². The van der Waals surface area contributed by atoms with Gasteiger partial charge in [-0.2, -0.15) is 21.9 Å². The fraction of sp³-hybridized carbons (Fsp3) is 0.121. The van der Waals surface area contributed by atoms with Crippen molar-refractivity contribution in [3.8, 4) is 11.5 Å². The number of hydrogen-bond acceptors (Lipinski definition) is 12. The van der Waals surface area contributed by atoms with Crippen LogP contribution in [0, 0.1) is 20.8 Å². The molecule has 258 valence electrons. The number of ether oxygens (including phenoxy) is 1. The van der Waals surface area contributed by atoms with E-state index >= 15 is 0 Å². The number of aliphatic hydroxyl groups is 1. The lowest BCUT2D eigenvalue weighted by Crippen LogP contribution is -2.00. The highest BCUT2D eigenvalue weighted by Crippen LogP contribution is 2.44. The summed E-state index contributed by atoms with van der Waals surface area (Å²) in [5.74, 6) is -0.846. The third kappa shape index (κ3) is 7.60. The molecule has 0 amide bonds. The number of fused-ring (bicyclic) bond motifs is 1. The maximum atomic E-state index is 12.4. The minimum atomic E-state index is -4.95. The molecule has 6 N–H and O–H groups in total. The van der Waals surface area contributed by atoms with Gasteiger partial charge in [0.15, 0.2) is 5.75 Å². The molecular weight excluding hydrogens is 689 g/mol. The van der Waals surface area contributed by atoms with Gasteiger partial charge >= 0.3 is 0 Å². The molecule has 0 aliphatic rings. The second-order valence-electron chi connectivity index (χ2n) is 11.1. The number of nitrogen functional groups attached to an aromatic ring is 1. The first-order chi connectivity index (χ1) is 23.5. The molecule has 0 saturated heterocycles. The number of aliphatic imine (C=N–C) groups is 1. The van der Waals surface area contributed by atoms with Crippen molar-refractivity contribution in [2.75, 3.05) is 12.8 Å². The first-order valence-electron chi connectivity index (χ1n) is 14.5. The van der Waals surface area contributed by atoms with Gasteiger partial charge in [-0.1, -0.05) is 6.07 Å². The molecule has 0 saturated carbocycles. The van der Waals surface area contributed by atoms with Gasteiger partial charge in [0.2, 0.25) is 5.90 Å². The van der Waals surface area contributed by atoms with Gasteiger partial charge in [0.1, 0.15) is 32.6 Å². The fourth-order valence-corrected chi connectivity index (χ4v) is 6.42. The van der Waals surface area contributed by atoms with E-state index in [0.29, 0.717) is 27.9 Å². The van der Waals surface area contributed by atoms with Gasteiger partial charge in [0, 0.05) is 22.7 Å². The van der Waals surface area contributed by atoms with Crippen molar-refractivity contribution in [2.24, 2.45) is 25.4 Å². The summed E-state index contributed by atoms with van der Waals surface area (Å²) in [6.07, 6.45) is 0. The molecule has 0 heterocycles. The predicted molar refractivity (Wildman–Crippen MR) is 187 cm³/mol. The Labute approximate surface area is 286 Å². The summed E-state index contributed by atoms with van der Waals surface area (Å²) in [6.45, 7) is 4.93. The summed E-state index contributed by atoms with van der Waals surface area (Å²) < 4.78 is 74.0. The van der Waals surface area contributed by atoms with Gasteiger partial charge in [-0.25, -0.2) is 4.99 Å². The van der Waals surface area contributed by atoms with E-state index in [1.807, 2.05) is 0 Å². The number of benzene rings is 5. The van der Waals surface area contributed by atoms with Crippen molar-refractivity contribution in [2.45, 2.75) is 30.6 Å². The van der Waals surface area contributed by atoms with Crippen LogP contribution in [-0.2, 0) is 20.2 Å². The van der Waals surface area contributed by atoms with Gasteiger partial charge in [-0.05, 0) is 104 Å². The van der Waals surface area contributed by atoms with Crippen LogP contribution in [0.15, 0.2) is 108 Å². The van der Waals surface area contributed by atoms with Gasteiger partial charge in [-0.15, -0.1) is 15.3 Å². The standard InChI is InChI=1S/C33H30N6O9S2/c1-17-11-19(3)30(28(12-17)49(42,43)44)38-36-25-16-27(48-4)26(13-18(25)2)37-39-31-29(50(45,46)47)15-21-14-23(9-10-24(21)32(31)40)35-33(41)20-5-7-22(34)8-6-20/h5-16,40H,34H2,1-4H3,(H,35,41)(H,42,43,44)(H,45,46,47). The highest BCUT2D eigenvalue weighted by molar-refractivity contribution is 7.86. The smallest absolute Gasteiger partial charge is 0.296 e. The maximum Gasteiger partial charge on any atom is 0.296 e. The molecule has 0 unspecified atom stereocenters. The van der Waals surface area contributed by atoms with Gasteiger partial charge < -0.3 is 20.7 Å². The average molecular weight is 719 g/mol. The number of methoxy groups -OCH3 is 1. The number of anilines is 1. The molecule has 0 aliphatic heterocycles. The number of hydrogen-bond donors (Lipinski definition) is 5. The lowest BCUT2D eigenvalue weighted by atomic mass is 10.1. The molecule has 0 spiro atoms. The number of azo groups is 2. The molecule has 0 bridgehead atoms. The first kappa shape index (κ1) is 35.6. The Kier molecular flexibility index (Phi) is 9.69. The molecule has 0 aromatic heterocycles. The van der Waals surface area contributed by atoms with E-state index in [0.717, 1.165) is 6.07 Å². The third-order valence-corrected chi connectivity index (χ3v) is 9.15. The van der Waals surface area contributed by atoms with E-state index < -0.39 is 41.5 Å². The minimum absolute atomic E-state index is 0.0534. The van der Waals surface area contributed by atoms with Crippen LogP contribution in [0.5, 0.6) is 11.5 Å². The zero-order valence-corrected chi connectivity index (χ0v) is 28.5. The number of aliphatic hydroxyl groups excluding tert-OH is 1. The molecular formula is C33H30N6O9S2. The normalized spacial score (nSPS) is 12.7. The van der Waals surface area contributed by atoms with E-state index in [9.17, 15) is 36.2 Å². The molecule has 0 fully saturated rings. The highest BCUT2D eigenvalue weighted by atomic mass is 32.2. The van der Waals surface area contributed by atoms with Crippen LogP contribution in [-0.4, -0.2) is 49.2 Å². The van der Waals surface area contributed by atoms with Crippen LogP contribution < -0.4 is 10.5 Å². The fourth-order valence-electron chi connectivity index (χ4n) is 4.99. The average Bonchev–Trinajstić information content (AvgIpc) is 3.03. The van der Waals surface area contributed by atoms with Gasteiger partial charge in [-0.3, -0.25) is 9.11 Å². The van der Waals surface area contributed by atoms with Crippen molar-refractivity contribution in [1.29, 1.82) is 0 Å². The topological polar surface area (TPSA) is 246 Å². The monoisotopic (exact) mass is 718 g/mol. The molecule has 0 aliphatic carbocycles. The Morgan fingerprint density at radius 1 is 0.720 bits per heavy atom. The molecule has 5 aromatic carbocycles. The first-order valence-corrected chi connectivity index (χ1v) is 17.4. The Morgan fingerprint density at radius 2 is 1.34 bits per heavy atom. The lowest BCUT2D eigenvalue weighted by molar-refractivity contribution is 0.416. The van der Waals surface area contributed by atoms with E-state index in [1.54, 1.807) is 51.1 Å². The van der Waals surface area contributed by atoms with E-state index in [2.05, 4.69) is 25.4 Å². The molecule has 15 nitrogen and oxygen atoms in total. The molecule has 5 rings (SSSR count). The van der Waals surface area contributed by atoms with Gasteiger partial charge in [0.05, 0.1) is 18.5 Å². The second kappa shape index (κ2) is 13.6. The largest absolute Gasteiger partial charge is 0.505 e. The van der Waals surface area contributed by atoms with Crippen molar-refractivity contribution in [1.82, 2.24) is 0 Å². The zero-order chi connectivity index (χ0) is 36.5. The number of nitrogens with zero attached hydrogens (tertiary/aromatic N) is 5. The quantitative estimate of drug-likeness (QED) is 0.0323. The summed E-state index contributed by atoms with van der Waals surface area (Å²) >= 11 is 0. The number of aromatic hydroxyl groups is 1. The highest BCUT2D eigenvalue weighted by Gasteiger charge is 2.23. The zero-order valence-electron chi connectivity index (χ0n) is 26.9. The van der Waals surface area contributed by atoms with Crippen LogP contribution >= 0.6 is 0 Å². The van der Waals surface area contributed by atoms with Gasteiger partial charge in [0.25, 0.3) is 20.2 Å². The Bertz CT molecular complexity index is 2480. The Balaban J connectivity index is 1.54. The number of rotatable bonds is 9. The maximum absolute atomic E-state index is 12.4. The van der Waals surface area contributed by atoms with Crippen molar-refractivity contribution in [3.63, 3.8) is 0 Å². The predicted octanol–water partition coefficient (Wildman–Crippen LogP) is 8.02. The molecule has 17 heteroatoms. The lowest BCUT2D eigenvalue weighted by Gasteiger charge is -2.11. The molecule has 0 atom stereocenters. The Hall–Kier alpha value is -5.75. The van der Waals surface area contributed by atoms with E-state index in [-0.39, 0.29) is 45.2 Å². The minimum Gasteiger partial charge on any atom is -0.505 e. The number of aryl methyl sites for hydroxylation is 3. The van der Waals surface area contributed by atoms with Crippen molar-refractivity contribution >= 4 is 71.0 Å². The van der Waals surface area contributed by atoms with Crippen LogP contribution in [0.3, 0.4) is 0 Å². The second-order valence-corrected chi connectivity index (χ2v) is 13.9. The SMILES string of the molecule is COc1cc(N=Nc2c(C)cc(C)cc2S(=O)(=O)O)c(C)cc1N=Nc1c(S(=O)(=O)O)cc2cc(N=C(O)c3ccc(N)cc3)ccc2c1O. The van der Waals surface area contributed by atoms with Crippen LogP contribution in [0.2, 0.25) is 0 Å². The summed E-state index contributed by atoms with van der Waals surface area (Å²) in [7, 11) is -8.23. The summed E-state index contributed by atoms with van der Waals surface area (Å²) in [5, 5.41) is 38.2. The molecule has 50 heavy (non-hydrogen) atoms. The number of phenolic OH excluding ortho intramolecular Hbond substituents is 1. The Morgan fingerprint density at radius 3 is 1.98 bits per heavy atom. The summed E-state index contributed by atoms with van der Waals surface area (Å²) in [6, 6.07) is 17.6. The molecule has 5 aromatic rings. The van der Waals surface area contributed by atoms with Crippen LogP contribution in [0.25, 0.3) is 10.8 Å². The van der Waals surface area contributed by atoms with Crippen molar-refractivity contribution in [3.05, 3.63) is 95.1 Å². The van der Waals surface area contributed by atoms with Crippen LogP contribution in [0.1, 0.15) is 22.3 Å². The van der Waals surface area contributed by atoms with Crippen LogP contribution in [0.4, 0.5) is 34.1 Å². The van der Waals surface area contributed by atoms with E-state index in [1.165, 1.54) is 43.5 Å².